The number of Topliss-reactive ketones (excluding diaryl/α,β-unsaturated/α-hetero) is 3. The molecule has 4 rings (SSSR count). The molecule has 4 aliphatic rings. The maximum absolute atomic E-state index is 15.2. The molecule has 3 nitrogen and oxygen atoms in total. The number of carbonyl (C=O) groups is 3. The molecule has 0 aliphatic heterocycles. The molecule has 1 unspecified atom stereocenters. The molecular formula is C20H23FO3. The van der Waals surface area contributed by atoms with E-state index in [-0.39, 0.29) is 28.7 Å². The first-order chi connectivity index (χ1) is 11.2. The average Bonchev–Trinajstić information content (AvgIpc) is 2.87. The normalized spacial score (nSPS) is 50.5. The van der Waals surface area contributed by atoms with Crippen molar-refractivity contribution >= 4 is 17.3 Å². The molecule has 0 amide bonds. The monoisotopic (exact) mass is 330 g/mol. The van der Waals surface area contributed by atoms with Gasteiger partial charge in [0.1, 0.15) is 12.0 Å². The lowest BCUT2D eigenvalue weighted by atomic mass is 9.46. The van der Waals surface area contributed by atoms with Crippen LogP contribution in [0.25, 0.3) is 0 Å². The first-order valence-corrected chi connectivity index (χ1v) is 8.86. The second-order valence-corrected chi connectivity index (χ2v) is 8.52. The Morgan fingerprint density at radius 3 is 2.54 bits per heavy atom. The average molecular weight is 330 g/mol. The molecule has 0 aromatic carbocycles. The third kappa shape index (κ3) is 1.65. The fourth-order valence-corrected chi connectivity index (χ4v) is 6.14. The number of carbonyl (C=O) groups excluding carboxylic acids is 3. The van der Waals surface area contributed by atoms with Crippen LogP contribution in [0.3, 0.4) is 0 Å². The van der Waals surface area contributed by atoms with Crippen molar-refractivity contribution in [2.75, 3.05) is 0 Å². The van der Waals surface area contributed by atoms with E-state index in [9.17, 15) is 14.4 Å². The molecule has 4 heteroatoms. The summed E-state index contributed by atoms with van der Waals surface area (Å²) in [6.07, 6.45) is 5.16. The Balaban J connectivity index is 1.81. The summed E-state index contributed by atoms with van der Waals surface area (Å²) in [6.45, 7) is 7.42. The number of hydrogen-bond acceptors (Lipinski definition) is 3. The van der Waals surface area contributed by atoms with Crippen molar-refractivity contribution in [3.05, 3.63) is 24.3 Å². The molecule has 0 saturated heterocycles. The standard InChI is InChI=1S/C20H23FO3/c1-10-16(23)17(24)14-5-4-11-12-6-7-15(22)19(12,2)9-8-13(11)20(14,3)18(10)21/h4-5,11-14,18H,1,6-9H2,2-3H3/t11-,12-,13-,14?,18+,19-,20+/m0/s1. The van der Waals surface area contributed by atoms with E-state index >= 15 is 4.39 Å². The molecule has 0 aromatic rings. The van der Waals surface area contributed by atoms with Crippen LogP contribution in [0.1, 0.15) is 39.5 Å². The number of allylic oxidation sites excluding steroid dienone is 3. The van der Waals surface area contributed by atoms with Gasteiger partial charge in [-0.05, 0) is 37.0 Å². The van der Waals surface area contributed by atoms with Crippen molar-refractivity contribution in [1.82, 2.24) is 0 Å². The van der Waals surface area contributed by atoms with Crippen molar-refractivity contribution in [3.63, 3.8) is 0 Å². The Bertz CT molecular complexity index is 708. The maximum Gasteiger partial charge on any atom is 0.227 e. The Hall–Kier alpha value is -1.58. The molecule has 0 bridgehead atoms. The molecule has 0 aromatic heterocycles. The summed E-state index contributed by atoms with van der Waals surface area (Å²) in [4.78, 5) is 36.8. The molecular weight excluding hydrogens is 307 g/mol. The molecule has 0 N–H and O–H groups in total. The van der Waals surface area contributed by atoms with E-state index in [1.54, 1.807) is 13.0 Å². The Labute approximate surface area is 141 Å². The third-order valence-corrected chi connectivity index (χ3v) is 7.69. The summed E-state index contributed by atoms with van der Waals surface area (Å²) in [5.41, 5.74) is -1.43. The second-order valence-electron chi connectivity index (χ2n) is 8.52. The fraction of sp³-hybridized carbons (Fsp3) is 0.650. The minimum absolute atomic E-state index is 0.0275. The van der Waals surface area contributed by atoms with E-state index in [1.807, 2.05) is 13.0 Å². The predicted molar refractivity (Wildman–Crippen MR) is 86.8 cm³/mol. The summed E-state index contributed by atoms with van der Waals surface area (Å²) in [5.74, 6) is -1.38. The van der Waals surface area contributed by atoms with Crippen molar-refractivity contribution in [3.8, 4) is 0 Å². The molecule has 0 heterocycles. The highest BCUT2D eigenvalue weighted by Gasteiger charge is 2.64. The van der Waals surface area contributed by atoms with Crippen molar-refractivity contribution in [2.45, 2.75) is 45.7 Å². The topological polar surface area (TPSA) is 51.2 Å². The van der Waals surface area contributed by atoms with Crippen molar-refractivity contribution < 1.29 is 18.8 Å². The Morgan fingerprint density at radius 1 is 1.12 bits per heavy atom. The van der Waals surface area contributed by atoms with Crippen LogP contribution in [0, 0.1) is 34.5 Å². The molecule has 4 aliphatic carbocycles. The number of rotatable bonds is 0. The van der Waals surface area contributed by atoms with Crippen LogP contribution in [0.15, 0.2) is 24.3 Å². The summed E-state index contributed by atoms with van der Waals surface area (Å²) >= 11 is 0. The fourth-order valence-electron chi connectivity index (χ4n) is 6.14. The molecule has 3 fully saturated rings. The van der Waals surface area contributed by atoms with Crippen LogP contribution in [-0.4, -0.2) is 23.5 Å². The Kier molecular flexibility index (Phi) is 3.14. The first kappa shape index (κ1) is 15.9. The summed E-state index contributed by atoms with van der Waals surface area (Å²) in [7, 11) is 0. The van der Waals surface area contributed by atoms with Gasteiger partial charge in [-0.1, -0.05) is 32.6 Å². The lowest BCUT2D eigenvalue weighted by molar-refractivity contribution is -0.150. The lowest BCUT2D eigenvalue weighted by Crippen LogP contribution is -2.59. The van der Waals surface area contributed by atoms with Crippen LogP contribution in [-0.2, 0) is 14.4 Å². The van der Waals surface area contributed by atoms with Gasteiger partial charge in [0.05, 0.1) is 5.92 Å². The minimum Gasteiger partial charge on any atom is -0.299 e. The SMILES string of the molecule is C=C1C(=O)C(=O)C2C=C[C@@H]3[C@H](CC[C@]4(C)C(=O)CC[C@@H]34)[C@@]2(C)[C@@H]1F. The predicted octanol–water partition coefficient (Wildman–Crippen LogP) is 3.24. The van der Waals surface area contributed by atoms with E-state index in [4.69, 9.17) is 0 Å². The second kappa shape index (κ2) is 4.74. The number of ketones is 3. The third-order valence-electron chi connectivity index (χ3n) is 7.69. The van der Waals surface area contributed by atoms with Gasteiger partial charge in [-0.2, -0.15) is 0 Å². The van der Waals surface area contributed by atoms with E-state index in [1.165, 1.54) is 0 Å². The minimum atomic E-state index is -1.49. The van der Waals surface area contributed by atoms with Gasteiger partial charge in [-0.3, -0.25) is 14.4 Å². The van der Waals surface area contributed by atoms with Gasteiger partial charge in [0.2, 0.25) is 11.6 Å². The highest BCUT2D eigenvalue weighted by Crippen LogP contribution is 2.63. The van der Waals surface area contributed by atoms with Crippen molar-refractivity contribution in [1.29, 1.82) is 0 Å². The number of hydrogen-bond donors (Lipinski definition) is 0. The Morgan fingerprint density at radius 2 is 1.83 bits per heavy atom. The van der Waals surface area contributed by atoms with Crippen LogP contribution < -0.4 is 0 Å². The van der Waals surface area contributed by atoms with Gasteiger partial charge in [0.15, 0.2) is 0 Å². The van der Waals surface area contributed by atoms with Crippen LogP contribution in [0.4, 0.5) is 4.39 Å². The quantitative estimate of drug-likeness (QED) is 0.389. The zero-order chi connectivity index (χ0) is 17.4. The smallest absolute Gasteiger partial charge is 0.227 e. The van der Waals surface area contributed by atoms with Gasteiger partial charge in [-0.15, -0.1) is 0 Å². The lowest BCUT2D eigenvalue weighted by Gasteiger charge is -2.57. The molecule has 128 valence electrons. The van der Waals surface area contributed by atoms with E-state index in [0.717, 1.165) is 19.3 Å². The van der Waals surface area contributed by atoms with Crippen molar-refractivity contribution in [2.24, 2.45) is 34.5 Å². The maximum atomic E-state index is 15.2. The number of halogens is 1. The van der Waals surface area contributed by atoms with Gasteiger partial charge in [-0.25, -0.2) is 4.39 Å². The van der Waals surface area contributed by atoms with Gasteiger partial charge < -0.3 is 0 Å². The summed E-state index contributed by atoms with van der Waals surface area (Å²) < 4.78 is 15.2. The molecule has 0 spiro atoms. The number of alkyl halides is 1. The van der Waals surface area contributed by atoms with Crippen LogP contribution >= 0.6 is 0 Å². The van der Waals surface area contributed by atoms with E-state index in [2.05, 4.69) is 6.58 Å². The highest BCUT2D eigenvalue weighted by atomic mass is 19.1. The summed E-state index contributed by atoms with van der Waals surface area (Å²) in [6, 6.07) is 0. The molecule has 7 atom stereocenters. The van der Waals surface area contributed by atoms with Gasteiger partial charge in [0.25, 0.3) is 0 Å². The highest BCUT2D eigenvalue weighted by molar-refractivity contribution is 6.45. The van der Waals surface area contributed by atoms with E-state index < -0.39 is 29.1 Å². The summed E-state index contributed by atoms with van der Waals surface area (Å²) in [5, 5.41) is 0. The molecule has 0 radical (unpaired) electrons. The zero-order valence-corrected chi connectivity index (χ0v) is 14.2. The van der Waals surface area contributed by atoms with Crippen LogP contribution in [0.2, 0.25) is 0 Å². The van der Waals surface area contributed by atoms with Crippen LogP contribution in [0.5, 0.6) is 0 Å². The molecule has 3 saturated carbocycles. The first-order valence-electron chi connectivity index (χ1n) is 8.86. The van der Waals surface area contributed by atoms with E-state index in [0.29, 0.717) is 12.2 Å². The van der Waals surface area contributed by atoms with Gasteiger partial charge in [0, 0.05) is 22.8 Å². The molecule has 24 heavy (non-hydrogen) atoms. The van der Waals surface area contributed by atoms with Gasteiger partial charge >= 0.3 is 0 Å². The largest absolute Gasteiger partial charge is 0.299 e. The number of fused-ring (bicyclic) bond motifs is 5. The zero-order valence-electron chi connectivity index (χ0n) is 14.2.